The Hall–Kier alpha value is -2.64. The Morgan fingerprint density at radius 2 is 1.71 bits per heavy atom. The van der Waals surface area contributed by atoms with E-state index in [0.29, 0.717) is 38.6 Å². The number of unbranched alkanes of at least 4 members (excludes halogenated alkanes) is 1. The Balaban J connectivity index is 1.93. The molecule has 2 rings (SSSR count). The van der Waals surface area contributed by atoms with Gasteiger partial charge in [0.05, 0.1) is 10.9 Å². The Morgan fingerprint density at radius 3 is 2.29 bits per heavy atom. The van der Waals surface area contributed by atoms with Gasteiger partial charge in [0, 0.05) is 19.5 Å². The summed E-state index contributed by atoms with van der Waals surface area (Å²) >= 11 is 0. The highest BCUT2D eigenvalue weighted by atomic mass is 32.2. The molecule has 2 aromatic carbocycles. The lowest BCUT2D eigenvalue weighted by molar-refractivity contribution is -0.121. The van der Waals surface area contributed by atoms with Gasteiger partial charge in [0.15, 0.2) is 0 Å². The normalized spacial score (nSPS) is 12.6. The van der Waals surface area contributed by atoms with Gasteiger partial charge in [-0.25, -0.2) is 8.42 Å². The monoisotopic (exact) mass is 486 g/mol. The SMILES string of the molecule is C=C(O)[C@H](CCCCNC(=O)CCc1ccccc1)N(CC(C)C)S(=O)(=O)c1ccc(C)cc1. The Labute approximate surface area is 204 Å². The second-order valence-electron chi connectivity index (χ2n) is 9.12. The van der Waals surface area contributed by atoms with Crippen LogP contribution in [-0.4, -0.2) is 42.9 Å². The number of benzene rings is 2. The summed E-state index contributed by atoms with van der Waals surface area (Å²) in [7, 11) is -3.80. The molecule has 0 radical (unpaired) electrons. The number of aliphatic hydroxyl groups excluding tert-OH is 1. The van der Waals surface area contributed by atoms with Gasteiger partial charge in [0.2, 0.25) is 15.9 Å². The fourth-order valence-electron chi connectivity index (χ4n) is 3.76. The van der Waals surface area contributed by atoms with Gasteiger partial charge in [0.25, 0.3) is 0 Å². The summed E-state index contributed by atoms with van der Waals surface area (Å²) in [6.45, 7) is 10.2. The number of rotatable bonds is 14. The molecule has 0 saturated carbocycles. The minimum absolute atomic E-state index is 0.00430. The summed E-state index contributed by atoms with van der Waals surface area (Å²) in [4.78, 5) is 12.3. The van der Waals surface area contributed by atoms with Crippen LogP contribution in [0.3, 0.4) is 0 Å². The minimum atomic E-state index is -3.80. The van der Waals surface area contributed by atoms with E-state index in [1.54, 1.807) is 24.3 Å². The topological polar surface area (TPSA) is 86.7 Å². The van der Waals surface area contributed by atoms with Crippen LogP contribution in [0, 0.1) is 12.8 Å². The second-order valence-corrected chi connectivity index (χ2v) is 11.0. The molecule has 0 heterocycles. The third-order valence-electron chi connectivity index (χ3n) is 5.62. The van der Waals surface area contributed by atoms with Crippen molar-refractivity contribution in [1.29, 1.82) is 0 Å². The van der Waals surface area contributed by atoms with Gasteiger partial charge in [-0.2, -0.15) is 4.31 Å². The number of hydrogen-bond acceptors (Lipinski definition) is 4. The summed E-state index contributed by atoms with van der Waals surface area (Å²) < 4.78 is 28.2. The zero-order valence-electron chi connectivity index (χ0n) is 20.5. The molecule has 0 saturated heterocycles. The van der Waals surface area contributed by atoms with E-state index < -0.39 is 16.1 Å². The summed E-state index contributed by atoms with van der Waals surface area (Å²) in [5.41, 5.74) is 2.10. The lowest BCUT2D eigenvalue weighted by atomic mass is 10.1. The lowest BCUT2D eigenvalue weighted by Crippen LogP contribution is -2.43. The Morgan fingerprint density at radius 1 is 1.06 bits per heavy atom. The van der Waals surface area contributed by atoms with Crippen molar-refractivity contribution < 1.29 is 18.3 Å². The van der Waals surface area contributed by atoms with E-state index in [1.807, 2.05) is 51.1 Å². The predicted octanol–water partition coefficient (Wildman–Crippen LogP) is 5.00. The molecule has 0 bridgehead atoms. The van der Waals surface area contributed by atoms with Crippen LogP contribution in [0.1, 0.15) is 50.7 Å². The van der Waals surface area contributed by atoms with Crippen molar-refractivity contribution in [1.82, 2.24) is 9.62 Å². The molecule has 2 N–H and O–H groups in total. The summed E-state index contributed by atoms with van der Waals surface area (Å²) in [5, 5.41) is 13.2. The van der Waals surface area contributed by atoms with Crippen LogP contribution in [0.25, 0.3) is 0 Å². The Kier molecular flexibility index (Phi) is 10.8. The molecular formula is C27H38N2O4S. The molecule has 2 aromatic rings. The maximum Gasteiger partial charge on any atom is 0.243 e. The van der Waals surface area contributed by atoms with E-state index in [9.17, 15) is 18.3 Å². The van der Waals surface area contributed by atoms with Gasteiger partial charge in [0.1, 0.15) is 5.76 Å². The first kappa shape index (κ1) is 27.6. The molecule has 0 aromatic heterocycles. The third kappa shape index (κ3) is 8.61. The van der Waals surface area contributed by atoms with Crippen LogP contribution in [0.5, 0.6) is 0 Å². The van der Waals surface area contributed by atoms with Crippen LogP contribution in [0.4, 0.5) is 0 Å². The first-order valence-corrected chi connectivity index (χ1v) is 13.3. The highest BCUT2D eigenvalue weighted by molar-refractivity contribution is 7.89. The van der Waals surface area contributed by atoms with Crippen LogP contribution in [0.15, 0.2) is 71.8 Å². The van der Waals surface area contributed by atoms with Crippen molar-refractivity contribution in [3.63, 3.8) is 0 Å². The lowest BCUT2D eigenvalue weighted by Gasteiger charge is -2.31. The quantitative estimate of drug-likeness (QED) is 0.291. The highest BCUT2D eigenvalue weighted by Gasteiger charge is 2.33. The van der Waals surface area contributed by atoms with E-state index in [1.165, 1.54) is 4.31 Å². The van der Waals surface area contributed by atoms with Crippen LogP contribution in [0.2, 0.25) is 0 Å². The number of nitrogens with zero attached hydrogens (tertiary/aromatic N) is 1. The maximum atomic E-state index is 13.4. The molecule has 0 aliphatic heterocycles. The molecule has 1 amide bonds. The number of hydrogen-bond donors (Lipinski definition) is 2. The summed E-state index contributed by atoms with van der Waals surface area (Å²) in [5.74, 6) is -0.0930. The molecule has 0 aliphatic rings. The number of aryl methyl sites for hydroxylation is 2. The standard InChI is InChI=1S/C27H38N2O4S/c1-21(2)20-29(34(32,33)25-16-13-22(3)14-17-25)26(23(4)30)12-8-9-19-28-27(31)18-15-24-10-6-5-7-11-24/h5-7,10-11,13-14,16-17,21,26,30H,4,8-9,12,15,18-20H2,1-3H3,(H,28,31)/t26-/m0/s1. The Bertz CT molecular complexity index is 1020. The molecule has 0 unspecified atom stereocenters. The third-order valence-corrected chi connectivity index (χ3v) is 7.50. The molecule has 34 heavy (non-hydrogen) atoms. The number of nitrogens with one attached hydrogen (secondary N) is 1. The summed E-state index contributed by atoms with van der Waals surface area (Å²) in [6.07, 6.45) is 2.87. The smallest absolute Gasteiger partial charge is 0.243 e. The van der Waals surface area contributed by atoms with E-state index >= 15 is 0 Å². The van der Waals surface area contributed by atoms with Gasteiger partial charge < -0.3 is 10.4 Å². The summed E-state index contributed by atoms with van der Waals surface area (Å²) in [6, 6.07) is 15.9. The first-order chi connectivity index (χ1) is 16.1. The molecule has 7 heteroatoms. The molecule has 0 spiro atoms. The average Bonchev–Trinajstić information content (AvgIpc) is 2.79. The van der Waals surface area contributed by atoms with Crippen molar-refractivity contribution >= 4 is 15.9 Å². The highest BCUT2D eigenvalue weighted by Crippen LogP contribution is 2.25. The molecule has 0 aliphatic carbocycles. The van der Waals surface area contributed by atoms with E-state index in [4.69, 9.17) is 0 Å². The van der Waals surface area contributed by atoms with E-state index in [-0.39, 0.29) is 29.0 Å². The van der Waals surface area contributed by atoms with Gasteiger partial charge in [-0.3, -0.25) is 4.79 Å². The number of amides is 1. The van der Waals surface area contributed by atoms with Crippen molar-refractivity contribution in [2.45, 2.75) is 63.8 Å². The van der Waals surface area contributed by atoms with Crippen LogP contribution in [-0.2, 0) is 21.2 Å². The number of sulfonamides is 1. The first-order valence-electron chi connectivity index (χ1n) is 11.9. The number of carbonyl (C=O) groups excluding carboxylic acids is 1. The van der Waals surface area contributed by atoms with E-state index in [0.717, 1.165) is 11.1 Å². The molecule has 6 nitrogen and oxygen atoms in total. The average molecular weight is 487 g/mol. The molecule has 1 atom stereocenters. The van der Waals surface area contributed by atoms with Gasteiger partial charge in [-0.1, -0.05) is 68.5 Å². The van der Waals surface area contributed by atoms with Gasteiger partial charge in [-0.15, -0.1) is 0 Å². The number of carbonyl (C=O) groups is 1. The van der Waals surface area contributed by atoms with Crippen LogP contribution < -0.4 is 5.32 Å². The van der Waals surface area contributed by atoms with Gasteiger partial charge >= 0.3 is 0 Å². The van der Waals surface area contributed by atoms with Crippen LogP contribution >= 0.6 is 0 Å². The fourth-order valence-corrected chi connectivity index (χ4v) is 5.56. The second kappa shape index (κ2) is 13.3. The van der Waals surface area contributed by atoms with Crippen molar-refractivity contribution in [2.24, 2.45) is 5.92 Å². The molecular weight excluding hydrogens is 448 g/mol. The minimum Gasteiger partial charge on any atom is -0.511 e. The maximum absolute atomic E-state index is 13.4. The zero-order valence-corrected chi connectivity index (χ0v) is 21.4. The van der Waals surface area contributed by atoms with Crippen molar-refractivity contribution in [3.05, 3.63) is 78.1 Å². The number of aliphatic hydroxyl groups is 1. The van der Waals surface area contributed by atoms with Gasteiger partial charge in [-0.05, 0) is 56.2 Å². The fraction of sp³-hybridized carbons (Fsp3) is 0.444. The zero-order chi connectivity index (χ0) is 25.1. The van der Waals surface area contributed by atoms with Crippen molar-refractivity contribution in [2.75, 3.05) is 13.1 Å². The largest absolute Gasteiger partial charge is 0.511 e. The molecule has 186 valence electrons. The predicted molar refractivity (Wildman–Crippen MR) is 137 cm³/mol. The molecule has 0 fully saturated rings. The van der Waals surface area contributed by atoms with E-state index in [2.05, 4.69) is 11.9 Å². The van der Waals surface area contributed by atoms with Crippen molar-refractivity contribution in [3.8, 4) is 0 Å².